The first-order valence-electron chi connectivity index (χ1n) is 4.03. The van der Waals surface area contributed by atoms with Crippen LogP contribution in [0.4, 0.5) is 0 Å². The SMILES string of the molecule is CCCC(=NO)C(=O)OC(C)C. The second kappa shape index (κ2) is 5.57. The molecule has 0 aliphatic rings. The number of hydrogen-bond acceptors (Lipinski definition) is 4. The third kappa shape index (κ3) is 3.95. The van der Waals surface area contributed by atoms with Gasteiger partial charge in [-0.05, 0) is 13.8 Å². The van der Waals surface area contributed by atoms with Crippen molar-refractivity contribution in [3.63, 3.8) is 0 Å². The summed E-state index contributed by atoms with van der Waals surface area (Å²) < 4.78 is 4.83. The van der Waals surface area contributed by atoms with Crippen LogP contribution < -0.4 is 0 Å². The number of carbonyl (C=O) groups excluding carboxylic acids is 1. The van der Waals surface area contributed by atoms with Crippen molar-refractivity contribution in [1.82, 2.24) is 0 Å². The fourth-order valence-corrected chi connectivity index (χ4v) is 0.712. The summed E-state index contributed by atoms with van der Waals surface area (Å²) in [5.41, 5.74) is 0.0891. The molecule has 0 spiro atoms. The molecule has 0 amide bonds. The van der Waals surface area contributed by atoms with Gasteiger partial charge in [0.05, 0.1) is 6.10 Å². The van der Waals surface area contributed by atoms with Crippen molar-refractivity contribution >= 4 is 11.7 Å². The van der Waals surface area contributed by atoms with Gasteiger partial charge in [0.15, 0.2) is 5.71 Å². The lowest BCUT2D eigenvalue weighted by atomic mass is 10.2. The monoisotopic (exact) mass is 173 g/mol. The van der Waals surface area contributed by atoms with Gasteiger partial charge >= 0.3 is 5.97 Å². The lowest BCUT2D eigenvalue weighted by Crippen LogP contribution is -2.21. The van der Waals surface area contributed by atoms with Gasteiger partial charge in [-0.25, -0.2) is 4.79 Å². The molecule has 4 nitrogen and oxygen atoms in total. The van der Waals surface area contributed by atoms with Crippen LogP contribution in [0.2, 0.25) is 0 Å². The zero-order valence-electron chi connectivity index (χ0n) is 7.70. The van der Waals surface area contributed by atoms with E-state index in [9.17, 15) is 4.79 Å². The molecular formula is C8H15NO3. The molecule has 0 aromatic carbocycles. The molecule has 0 aromatic rings. The molecule has 0 rings (SSSR count). The highest BCUT2D eigenvalue weighted by Gasteiger charge is 2.13. The Hall–Kier alpha value is -1.06. The molecule has 0 heterocycles. The summed E-state index contributed by atoms with van der Waals surface area (Å²) in [7, 11) is 0. The van der Waals surface area contributed by atoms with Gasteiger partial charge in [0.1, 0.15) is 0 Å². The molecular weight excluding hydrogens is 158 g/mol. The van der Waals surface area contributed by atoms with Crippen molar-refractivity contribution in [2.24, 2.45) is 5.16 Å². The van der Waals surface area contributed by atoms with E-state index in [1.807, 2.05) is 6.92 Å². The summed E-state index contributed by atoms with van der Waals surface area (Å²) in [4.78, 5) is 11.1. The van der Waals surface area contributed by atoms with Gasteiger partial charge in [-0.3, -0.25) is 0 Å². The quantitative estimate of drug-likeness (QED) is 0.304. The summed E-state index contributed by atoms with van der Waals surface area (Å²) in [6, 6.07) is 0. The summed E-state index contributed by atoms with van der Waals surface area (Å²) in [5.74, 6) is -0.533. The zero-order chi connectivity index (χ0) is 9.56. The third-order valence-electron chi connectivity index (χ3n) is 1.19. The number of esters is 1. The van der Waals surface area contributed by atoms with Crippen molar-refractivity contribution in [3.8, 4) is 0 Å². The molecule has 1 N–H and O–H groups in total. The number of nitrogens with zero attached hydrogens (tertiary/aromatic N) is 1. The fourth-order valence-electron chi connectivity index (χ4n) is 0.712. The maximum Gasteiger partial charge on any atom is 0.356 e. The largest absolute Gasteiger partial charge is 0.458 e. The lowest BCUT2D eigenvalue weighted by Gasteiger charge is -2.07. The summed E-state index contributed by atoms with van der Waals surface area (Å²) in [6.07, 6.45) is 1.03. The van der Waals surface area contributed by atoms with E-state index in [1.54, 1.807) is 13.8 Å². The van der Waals surface area contributed by atoms with Gasteiger partial charge in [-0.1, -0.05) is 18.5 Å². The van der Waals surface area contributed by atoms with Gasteiger partial charge in [0, 0.05) is 6.42 Å². The first kappa shape index (κ1) is 10.9. The maximum absolute atomic E-state index is 11.1. The van der Waals surface area contributed by atoms with Crippen LogP contribution in [0.5, 0.6) is 0 Å². The Morgan fingerprint density at radius 1 is 1.58 bits per heavy atom. The van der Waals surface area contributed by atoms with Gasteiger partial charge in [-0.15, -0.1) is 0 Å². The second-order valence-corrected chi connectivity index (χ2v) is 2.75. The average molecular weight is 173 g/mol. The summed E-state index contributed by atoms with van der Waals surface area (Å²) in [6.45, 7) is 5.39. The molecule has 0 fully saturated rings. The van der Waals surface area contributed by atoms with Crippen LogP contribution in [0.15, 0.2) is 5.16 Å². The standard InChI is InChI=1S/C8H15NO3/c1-4-5-7(9-11)8(10)12-6(2)3/h6,11H,4-5H2,1-3H3. The minimum Gasteiger partial charge on any atom is -0.458 e. The Balaban J connectivity index is 4.05. The van der Waals surface area contributed by atoms with E-state index < -0.39 is 5.97 Å². The minimum atomic E-state index is -0.533. The van der Waals surface area contributed by atoms with Gasteiger partial charge < -0.3 is 9.94 Å². The van der Waals surface area contributed by atoms with Crippen molar-refractivity contribution < 1.29 is 14.7 Å². The topological polar surface area (TPSA) is 58.9 Å². The highest BCUT2D eigenvalue weighted by atomic mass is 16.5. The fraction of sp³-hybridized carbons (Fsp3) is 0.750. The molecule has 0 saturated carbocycles. The summed E-state index contributed by atoms with van der Waals surface area (Å²) in [5, 5.41) is 11.3. The Kier molecular flexibility index (Phi) is 5.08. The van der Waals surface area contributed by atoms with Gasteiger partial charge in [0.2, 0.25) is 0 Å². The predicted octanol–water partition coefficient (Wildman–Crippen LogP) is 1.57. The summed E-state index contributed by atoms with van der Waals surface area (Å²) >= 11 is 0. The van der Waals surface area contributed by atoms with E-state index in [2.05, 4.69) is 5.16 Å². The Labute approximate surface area is 72.2 Å². The number of hydrogen-bond donors (Lipinski definition) is 1. The smallest absolute Gasteiger partial charge is 0.356 e. The molecule has 4 heteroatoms. The van der Waals surface area contributed by atoms with Crippen molar-refractivity contribution in [3.05, 3.63) is 0 Å². The molecule has 0 unspecified atom stereocenters. The van der Waals surface area contributed by atoms with E-state index in [0.29, 0.717) is 6.42 Å². The molecule has 0 radical (unpaired) electrons. The van der Waals surface area contributed by atoms with Gasteiger partial charge in [0.25, 0.3) is 0 Å². The third-order valence-corrected chi connectivity index (χ3v) is 1.19. The van der Waals surface area contributed by atoms with Crippen LogP contribution in [0.1, 0.15) is 33.6 Å². The minimum absolute atomic E-state index is 0.0891. The second-order valence-electron chi connectivity index (χ2n) is 2.75. The normalized spacial score (nSPS) is 11.8. The van der Waals surface area contributed by atoms with Crippen LogP contribution in [0.3, 0.4) is 0 Å². The number of ether oxygens (including phenoxy) is 1. The first-order chi connectivity index (χ1) is 5.61. The maximum atomic E-state index is 11.1. The van der Waals surface area contributed by atoms with Crippen molar-refractivity contribution in [2.45, 2.75) is 39.7 Å². The Morgan fingerprint density at radius 2 is 2.17 bits per heavy atom. The Bertz CT molecular complexity index is 175. The first-order valence-corrected chi connectivity index (χ1v) is 4.03. The van der Waals surface area contributed by atoms with E-state index >= 15 is 0 Å². The van der Waals surface area contributed by atoms with Gasteiger partial charge in [-0.2, -0.15) is 0 Å². The van der Waals surface area contributed by atoms with Crippen molar-refractivity contribution in [1.29, 1.82) is 0 Å². The molecule has 0 aliphatic carbocycles. The van der Waals surface area contributed by atoms with E-state index in [4.69, 9.17) is 9.94 Å². The van der Waals surface area contributed by atoms with E-state index in [0.717, 1.165) is 6.42 Å². The van der Waals surface area contributed by atoms with Crippen LogP contribution in [-0.4, -0.2) is 23.0 Å². The molecule has 12 heavy (non-hydrogen) atoms. The number of oxime groups is 1. The van der Waals surface area contributed by atoms with Crippen LogP contribution in [0, 0.1) is 0 Å². The number of rotatable bonds is 4. The van der Waals surface area contributed by atoms with Crippen LogP contribution in [-0.2, 0) is 9.53 Å². The predicted molar refractivity (Wildman–Crippen MR) is 45.4 cm³/mol. The Morgan fingerprint density at radius 3 is 2.50 bits per heavy atom. The number of carbonyl (C=O) groups is 1. The highest BCUT2D eigenvalue weighted by Crippen LogP contribution is 1.97. The molecule has 0 aliphatic heterocycles. The highest BCUT2D eigenvalue weighted by molar-refractivity contribution is 6.36. The lowest BCUT2D eigenvalue weighted by molar-refractivity contribution is -0.139. The van der Waals surface area contributed by atoms with Crippen LogP contribution >= 0.6 is 0 Å². The zero-order valence-corrected chi connectivity index (χ0v) is 7.70. The van der Waals surface area contributed by atoms with E-state index in [-0.39, 0.29) is 11.8 Å². The molecule has 0 aromatic heterocycles. The average Bonchev–Trinajstić information content (AvgIpc) is 1.98. The van der Waals surface area contributed by atoms with Crippen molar-refractivity contribution in [2.75, 3.05) is 0 Å². The molecule has 0 bridgehead atoms. The molecule has 0 atom stereocenters. The van der Waals surface area contributed by atoms with Crippen LogP contribution in [0.25, 0.3) is 0 Å². The molecule has 70 valence electrons. The molecule has 0 saturated heterocycles. The van der Waals surface area contributed by atoms with E-state index in [1.165, 1.54) is 0 Å².